The number of benzene rings is 1. The molecule has 2 heterocycles. The maximum absolute atomic E-state index is 12.8. The summed E-state index contributed by atoms with van der Waals surface area (Å²) >= 11 is 0. The molecule has 0 saturated carbocycles. The van der Waals surface area contributed by atoms with Crippen LogP contribution in [0.25, 0.3) is 21.9 Å². The van der Waals surface area contributed by atoms with E-state index >= 15 is 0 Å². The van der Waals surface area contributed by atoms with Gasteiger partial charge in [0.15, 0.2) is 0 Å². The molecular weight excluding hydrogens is 422 g/mol. The number of carboxylic acids is 1. The topological polar surface area (TPSA) is 110 Å². The molecule has 33 heavy (non-hydrogen) atoms. The Balaban J connectivity index is 1.94. The van der Waals surface area contributed by atoms with Crippen LogP contribution in [0.15, 0.2) is 26.0 Å². The summed E-state index contributed by atoms with van der Waals surface area (Å²) < 4.78 is 11.5. The first kappa shape index (κ1) is 24.6. The Morgan fingerprint density at radius 3 is 2.42 bits per heavy atom. The van der Waals surface area contributed by atoms with E-state index in [1.807, 2.05) is 26.8 Å². The molecular formula is C26H33NO6. The Morgan fingerprint density at radius 2 is 1.82 bits per heavy atom. The molecule has 3 rings (SSSR count). The molecule has 1 aromatic carbocycles. The van der Waals surface area contributed by atoms with E-state index < -0.39 is 23.5 Å². The zero-order valence-electron chi connectivity index (χ0n) is 20.3. The van der Waals surface area contributed by atoms with Crippen molar-refractivity contribution in [1.29, 1.82) is 0 Å². The number of amides is 1. The number of nitrogens with one attached hydrogen (secondary N) is 1. The van der Waals surface area contributed by atoms with Crippen molar-refractivity contribution in [3.63, 3.8) is 0 Å². The van der Waals surface area contributed by atoms with Crippen LogP contribution in [0.1, 0.15) is 75.6 Å². The molecule has 0 aliphatic carbocycles. The monoisotopic (exact) mass is 455 g/mol. The van der Waals surface area contributed by atoms with E-state index in [1.165, 1.54) is 0 Å². The van der Waals surface area contributed by atoms with Crippen molar-refractivity contribution in [3.05, 3.63) is 45.0 Å². The van der Waals surface area contributed by atoms with Gasteiger partial charge in [-0.25, -0.2) is 9.59 Å². The second kappa shape index (κ2) is 9.41. The third kappa shape index (κ3) is 4.97. The number of hydrogen-bond acceptors (Lipinski definition) is 5. The lowest BCUT2D eigenvalue weighted by Crippen LogP contribution is -2.40. The lowest BCUT2D eigenvalue weighted by Gasteiger charge is -2.17. The lowest BCUT2D eigenvalue weighted by atomic mass is 9.86. The van der Waals surface area contributed by atoms with Crippen LogP contribution in [-0.4, -0.2) is 23.0 Å². The second-order valence-electron chi connectivity index (χ2n) is 9.75. The lowest BCUT2D eigenvalue weighted by molar-refractivity contribution is -0.142. The molecule has 0 saturated heterocycles. The first-order chi connectivity index (χ1) is 15.5. The fourth-order valence-electron chi connectivity index (χ4n) is 4.24. The summed E-state index contributed by atoms with van der Waals surface area (Å²) in [6, 6.07) is 1.08. The van der Waals surface area contributed by atoms with E-state index in [0.717, 1.165) is 33.9 Å². The van der Waals surface area contributed by atoms with Gasteiger partial charge < -0.3 is 19.3 Å². The largest absolute Gasteiger partial charge is 0.480 e. The molecule has 7 nitrogen and oxygen atoms in total. The maximum Gasteiger partial charge on any atom is 0.339 e. The number of carboxylic acid groups (broad SMARTS) is 1. The molecule has 7 heteroatoms. The Labute approximate surface area is 193 Å². The number of furan rings is 1. The zero-order chi connectivity index (χ0) is 24.5. The van der Waals surface area contributed by atoms with E-state index in [9.17, 15) is 19.5 Å². The van der Waals surface area contributed by atoms with Gasteiger partial charge in [-0.1, -0.05) is 40.5 Å². The van der Waals surface area contributed by atoms with Crippen LogP contribution in [0.2, 0.25) is 0 Å². The van der Waals surface area contributed by atoms with E-state index in [0.29, 0.717) is 29.6 Å². The minimum absolute atomic E-state index is 0.00713. The molecule has 0 aliphatic heterocycles. The highest BCUT2D eigenvalue weighted by Gasteiger charge is 2.24. The van der Waals surface area contributed by atoms with Gasteiger partial charge in [-0.05, 0) is 43.7 Å². The van der Waals surface area contributed by atoms with Crippen LogP contribution in [0.4, 0.5) is 0 Å². The van der Waals surface area contributed by atoms with Crippen molar-refractivity contribution in [1.82, 2.24) is 5.32 Å². The smallest absolute Gasteiger partial charge is 0.339 e. The van der Waals surface area contributed by atoms with Crippen LogP contribution < -0.4 is 10.9 Å². The summed E-state index contributed by atoms with van der Waals surface area (Å²) in [7, 11) is 0. The van der Waals surface area contributed by atoms with Crippen molar-refractivity contribution in [2.75, 3.05) is 0 Å². The Kier molecular flexibility index (Phi) is 7.00. The number of hydrogen-bond donors (Lipinski definition) is 2. The fraction of sp³-hybridized carbons (Fsp3) is 0.500. The second-order valence-corrected chi connectivity index (χ2v) is 9.75. The van der Waals surface area contributed by atoms with Crippen LogP contribution >= 0.6 is 0 Å². The predicted octanol–water partition coefficient (Wildman–Crippen LogP) is 5.15. The Morgan fingerprint density at radius 1 is 1.12 bits per heavy atom. The molecule has 0 spiro atoms. The molecule has 0 bridgehead atoms. The molecule has 1 amide bonds. The number of aliphatic carboxylic acids is 1. The minimum atomic E-state index is -1.05. The van der Waals surface area contributed by atoms with Crippen LogP contribution in [0.3, 0.4) is 0 Å². The maximum atomic E-state index is 12.8. The number of rotatable bonds is 8. The van der Waals surface area contributed by atoms with Crippen molar-refractivity contribution in [2.24, 2.45) is 0 Å². The van der Waals surface area contributed by atoms with Gasteiger partial charge in [0, 0.05) is 33.9 Å². The van der Waals surface area contributed by atoms with Gasteiger partial charge >= 0.3 is 11.6 Å². The molecule has 2 aromatic heterocycles. The van der Waals surface area contributed by atoms with Gasteiger partial charge in [0.2, 0.25) is 5.91 Å². The van der Waals surface area contributed by atoms with E-state index in [-0.39, 0.29) is 18.3 Å². The molecule has 0 radical (unpaired) electrons. The van der Waals surface area contributed by atoms with Crippen LogP contribution in [0, 0.1) is 13.8 Å². The number of aryl methyl sites for hydroxylation is 2. The minimum Gasteiger partial charge on any atom is -0.480 e. The molecule has 3 aromatic rings. The standard InChI is InChI=1S/C26H33NO6/c1-7-8-9-20(24(29)30)27-21(28)11-10-16-14(2)17-12-18-19(26(4,5)6)13-32-22(18)15(3)23(17)33-25(16)31/h12-13,20H,7-11H2,1-6H3,(H,27,28)(H,29,30)/t20-/m0/s1. The molecule has 0 unspecified atom stereocenters. The van der Waals surface area contributed by atoms with Crippen molar-refractivity contribution in [2.45, 2.75) is 85.1 Å². The van der Waals surface area contributed by atoms with Gasteiger partial charge in [0.1, 0.15) is 17.2 Å². The predicted molar refractivity (Wildman–Crippen MR) is 128 cm³/mol. The molecule has 1 atom stereocenters. The SMILES string of the molecule is CCCC[C@H](NC(=O)CCc1c(C)c2cc3c(C(C)(C)C)coc3c(C)c2oc1=O)C(=O)O. The van der Waals surface area contributed by atoms with Gasteiger partial charge in [0.05, 0.1) is 6.26 Å². The summed E-state index contributed by atoms with van der Waals surface area (Å²) in [5.74, 6) is -1.44. The number of fused-ring (bicyclic) bond motifs is 2. The summed E-state index contributed by atoms with van der Waals surface area (Å²) in [6.07, 6.45) is 3.87. The summed E-state index contributed by atoms with van der Waals surface area (Å²) in [6.45, 7) is 12.0. The van der Waals surface area contributed by atoms with Gasteiger partial charge in [-0.3, -0.25) is 4.79 Å². The molecule has 0 aliphatic rings. The van der Waals surface area contributed by atoms with E-state index in [4.69, 9.17) is 8.83 Å². The third-order valence-corrected chi connectivity index (χ3v) is 6.23. The molecule has 2 N–H and O–H groups in total. The normalized spacial score (nSPS) is 12.9. The number of carbonyl (C=O) groups excluding carboxylic acids is 1. The quantitative estimate of drug-likeness (QED) is 0.455. The number of carbonyl (C=O) groups is 2. The zero-order valence-corrected chi connectivity index (χ0v) is 20.3. The van der Waals surface area contributed by atoms with Crippen molar-refractivity contribution < 1.29 is 23.5 Å². The van der Waals surface area contributed by atoms with E-state index in [1.54, 1.807) is 6.26 Å². The summed E-state index contributed by atoms with van der Waals surface area (Å²) in [5.41, 5.74) is 3.61. The Bertz CT molecular complexity index is 1260. The van der Waals surface area contributed by atoms with Crippen molar-refractivity contribution in [3.8, 4) is 0 Å². The number of unbranched alkanes of at least 4 members (excludes halogenated alkanes) is 1. The summed E-state index contributed by atoms with van der Waals surface area (Å²) in [5, 5.41) is 13.7. The van der Waals surface area contributed by atoms with Gasteiger partial charge in [-0.15, -0.1) is 0 Å². The Hall–Kier alpha value is -3.09. The molecule has 178 valence electrons. The molecule has 0 fully saturated rings. The average Bonchev–Trinajstić information content (AvgIpc) is 3.16. The highest BCUT2D eigenvalue weighted by molar-refractivity contribution is 6.00. The van der Waals surface area contributed by atoms with Crippen molar-refractivity contribution >= 4 is 33.8 Å². The van der Waals surface area contributed by atoms with Gasteiger partial charge in [-0.2, -0.15) is 0 Å². The first-order valence-corrected chi connectivity index (χ1v) is 11.4. The average molecular weight is 456 g/mol. The summed E-state index contributed by atoms with van der Waals surface area (Å²) in [4.78, 5) is 36.6. The fourth-order valence-corrected chi connectivity index (χ4v) is 4.24. The highest BCUT2D eigenvalue weighted by Crippen LogP contribution is 2.37. The first-order valence-electron chi connectivity index (χ1n) is 11.4. The van der Waals surface area contributed by atoms with Crippen LogP contribution in [0.5, 0.6) is 0 Å². The third-order valence-electron chi connectivity index (χ3n) is 6.23. The van der Waals surface area contributed by atoms with Gasteiger partial charge in [0.25, 0.3) is 0 Å². The van der Waals surface area contributed by atoms with Crippen LogP contribution in [-0.2, 0) is 21.4 Å². The highest BCUT2D eigenvalue weighted by atomic mass is 16.4. The van der Waals surface area contributed by atoms with E-state index in [2.05, 4.69) is 26.1 Å².